The van der Waals surface area contributed by atoms with Gasteiger partial charge in [0, 0.05) is 12.1 Å². The van der Waals surface area contributed by atoms with Crippen LogP contribution in [0.3, 0.4) is 0 Å². The number of hydrazine groups is 1. The Morgan fingerprint density at radius 1 is 1.13 bits per heavy atom. The van der Waals surface area contributed by atoms with Crippen LogP contribution in [0, 0.1) is 0 Å². The molecule has 2 fully saturated rings. The van der Waals surface area contributed by atoms with Gasteiger partial charge >= 0.3 is 16.4 Å². The van der Waals surface area contributed by atoms with Crippen LogP contribution in [0.15, 0.2) is 42.5 Å². The van der Waals surface area contributed by atoms with Gasteiger partial charge in [0.25, 0.3) is 11.8 Å². The number of amides is 4. The maximum Gasteiger partial charge on any atom is 0.418 e. The van der Waals surface area contributed by atoms with E-state index in [9.17, 15) is 22.8 Å². The lowest BCUT2D eigenvalue weighted by Gasteiger charge is -2.31. The van der Waals surface area contributed by atoms with Gasteiger partial charge < -0.3 is 4.90 Å². The largest absolute Gasteiger partial charge is 0.418 e. The first kappa shape index (κ1) is 20.2. The molecule has 0 aliphatic carbocycles. The van der Waals surface area contributed by atoms with Crippen LogP contribution in [-0.4, -0.2) is 64.4 Å². The second-order valence-corrected chi connectivity index (χ2v) is 8.09. The Bertz CT molecular complexity index is 1150. The van der Waals surface area contributed by atoms with Gasteiger partial charge in [0.05, 0.1) is 6.04 Å². The summed E-state index contributed by atoms with van der Waals surface area (Å²) in [5.41, 5.74) is 0.210. The number of urea groups is 1. The van der Waals surface area contributed by atoms with Crippen LogP contribution in [-0.2, 0) is 19.5 Å². The standard InChI is InChI=1S/C18H18N4O7S/c19-21(16(23)13-6-5-11-3-1-2-4-12(11)9-13)17(24)15-8-7-14-10-20(15)18(25)22(14)29-30(26,27)28/h1-6,9,14-15H,7-8,10,19H2,(H,26,27,28)/t14-,15+/m1/s1. The fraction of sp³-hybridized carbons (Fsp3) is 0.278. The molecule has 2 aromatic carbocycles. The molecule has 2 saturated heterocycles. The van der Waals surface area contributed by atoms with Gasteiger partial charge in [-0.05, 0) is 35.7 Å². The molecule has 4 rings (SSSR count). The minimum atomic E-state index is -4.90. The zero-order valence-corrected chi connectivity index (χ0v) is 16.4. The molecule has 3 N–H and O–H groups in total. The van der Waals surface area contributed by atoms with E-state index in [1.165, 1.54) is 0 Å². The van der Waals surface area contributed by atoms with Crippen LogP contribution in [0.25, 0.3) is 10.8 Å². The van der Waals surface area contributed by atoms with Crippen molar-refractivity contribution in [1.82, 2.24) is 15.0 Å². The molecule has 2 bridgehead atoms. The fourth-order valence-corrected chi connectivity index (χ4v) is 4.20. The lowest BCUT2D eigenvalue weighted by Crippen LogP contribution is -2.55. The average Bonchev–Trinajstić information content (AvgIpc) is 2.95. The quantitative estimate of drug-likeness (QED) is 0.234. The molecule has 2 aromatic rings. The molecular formula is C18H18N4O7S. The third kappa shape index (κ3) is 3.61. The predicted octanol–water partition coefficient (Wildman–Crippen LogP) is 0.685. The maximum absolute atomic E-state index is 12.9. The predicted molar refractivity (Wildman–Crippen MR) is 103 cm³/mol. The zero-order valence-electron chi connectivity index (χ0n) is 15.5. The van der Waals surface area contributed by atoms with Crippen molar-refractivity contribution in [2.75, 3.05) is 6.54 Å². The molecule has 158 valence electrons. The van der Waals surface area contributed by atoms with Crippen molar-refractivity contribution in [1.29, 1.82) is 0 Å². The van der Waals surface area contributed by atoms with Crippen molar-refractivity contribution in [3.05, 3.63) is 48.0 Å². The van der Waals surface area contributed by atoms with E-state index >= 15 is 0 Å². The lowest BCUT2D eigenvalue weighted by atomic mass is 10.00. The Balaban J connectivity index is 1.52. The summed E-state index contributed by atoms with van der Waals surface area (Å²) in [5, 5.41) is 2.71. The fourth-order valence-electron chi connectivity index (χ4n) is 3.81. The highest BCUT2D eigenvalue weighted by molar-refractivity contribution is 7.80. The molecule has 2 aliphatic heterocycles. The van der Waals surface area contributed by atoms with E-state index in [0.717, 1.165) is 15.7 Å². The molecule has 0 radical (unpaired) electrons. The molecule has 0 spiro atoms. The second kappa shape index (κ2) is 7.32. The van der Waals surface area contributed by atoms with Crippen molar-refractivity contribution in [3.63, 3.8) is 0 Å². The molecule has 2 atom stereocenters. The minimum Gasteiger partial charge on any atom is -0.309 e. The lowest BCUT2D eigenvalue weighted by molar-refractivity contribution is -0.134. The summed E-state index contributed by atoms with van der Waals surface area (Å²) < 4.78 is 35.1. The Morgan fingerprint density at radius 3 is 2.53 bits per heavy atom. The highest BCUT2D eigenvalue weighted by Crippen LogP contribution is 2.31. The molecule has 2 aliphatic rings. The number of piperidine rings is 1. The number of carbonyl (C=O) groups is 3. The Hall–Kier alpha value is -3.06. The third-order valence-corrected chi connectivity index (χ3v) is 5.58. The van der Waals surface area contributed by atoms with Crippen molar-refractivity contribution in [3.8, 4) is 0 Å². The number of hydrogen-bond donors (Lipinski definition) is 2. The monoisotopic (exact) mass is 434 g/mol. The summed E-state index contributed by atoms with van der Waals surface area (Å²) in [6.07, 6.45) is 0.380. The van der Waals surface area contributed by atoms with E-state index in [0.29, 0.717) is 10.1 Å². The summed E-state index contributed by atoms with van der Waals surface area (Å²) in [4.78, 5) is 39.1. The number of benzene rings is 2. The average molecular weight is 434 g/mol. The van der Waals surface area contributed by atoms with Gasteiger partial charge in [0.15, 0.2) is 0 Å². The third-order valence-electron chi connectivity index (χ3n) is 5.24. The molecule has 0 unspecified atom stereocenters. The van der Waals surface area contributed by atoms with E-state index < -0.39 is 40.3 Å². The summed E-state index contributed by atoms with van der Waals surface area (Å²) in [5.74, 6) is 4.27. The number of hydroxylamine groups is 2. The Kier molecular flexibility index (Phi) is 4.94. The first-order valence-electron chi connectivity index (χ1n) is 9.04. The number of imide groups is 1. The maximum atomic E-state index is 12.9. The van der Waals surface area contributed by atoms with E-state index in [1.807, 2.05) is 24.3 Å². The smallest absolute Gasteiger partial charge is 0.309 e. The van der Waals surface area contributed by atoms with Crippen molar-refractivity contribution < 1.29 is 31.6 Å². The van der Waals surface area contributed by atoms with Crippen LogP contribution in [0.4, 0.5) is 4.79 Å². The number of rotatable bonds is 4. The molecule has 12 heteroatoms. The van der Waals surface area contributed by atoms with Crippen molar-refractivity contribution in [2.45, 2.75) is 24.9 Å². The van der Waals surface area contributed by atoms with Crippen LogP contribution < -0.4 is 5.84 Å². The van der Waals surface area contributed by atoms with Gasteiger partial charge in [-0.25, -0.2) is 15.6 Å². The van der Waals surface area contributed by atoms with E-state index in [4.69, 9.17) is 10.4 Å². The van der Waals surface area contributed by atoms with Crippen molar-refractivity contribution in [2.24, 2.45) is 5.84 Å². The zero-order chi connectivity index (χ0) is 21.6. The number of hydrogen-bond acceptors (Lipinski definition) is 7. The van der Waals surface area contributed by atoms with Gasteiger partial charge in [-0.15, -0.1) is 4.28 Å². The summed E-state index contributed by atoms with van der Waals surface area (Å²) in [6.45, 7) is 0.00274. The molecule has 0 saturated carbocycles. The molecule has 2 heterocycles. The first-order valence-corrected chi connectivity index (χ1v) is 10.4. The first-order chi connectivity index (χ1) is 14.2. The van der Waals surface area contributed by atoms with E-state index in [1.54, 1.807) is 18.2 Å². The number of fused-ring (bicyclic) bond motifs is 3. The van der Waals surface area contributed by atoms with Gasteiger partial charge in [-0.3, -0.25) is 14.1 Å². The Morgan fingerprint density at radius 2 is 1.83 bits per heavy atom. The highest BCUT2D eigenvalue weighted by atomic mass is 32.3. The van der Waals surface area contributed by atoms with Crippen LogP contribution in [0.2, 0.25) is 0 Å². The molecular weight excluding hydrogens is 416 g/mol. The van der Waals surface area contributed by atoms with Crippen molar-refractivity contribution >= 4 is 39.0 Å². The van der Waals surface area contributed by atoms with Crippen LogP contribution >= 0.6 is 0 Å². The molecule has 30 heavy (non-hydrogen) atoms. The van der Waals surface area contributed by atoms with Gasteiger partial charge in [0.2, 0.25) is 0 Å². The van der Waals surface area contributed by atoms with Gasteiger partial charge in [0.1, 0.15) is 6.04 Å². The molecule has 0 aromatic heterocycles. The minimum absolute atomic E-state index is 0.00274. The number of nitrogens with zero attached hydrogens (tertiary/aromatic N) is 3. The Labute approximate surface area is 171 Å². The highest BCUT2D eigenvalue weighted by Gasteiger charge is 2.50. The molecule has 11 nitrogen and oxygen atoms in total. The van der Waals surface area contributed by atoms with Crippen LogP contribution in [0.1, 0.15) is 23.2 Å². The van der Waals surface area contributed by atoms with Gasteiger partial charge in [-0.1, -0.05) is 30.3 Å². The summed E-state index contributed by atoms with van der Waals surface area (Å²) >= 11 is 0. The second-order valence-electron chi connectivity index (χ2n) is 7.09. The van der Waals surface area contributed by atoms with E-state index in [2.05, 4.69) is 4.28 Å². The van der Waals surface area contributed by atoms with Crippen LogP contribution in [0.5, 0.6) is 0 Å². The van der Waals surface area contributed by atoms with E-state index in [-0.39, 0.29) is 24.9 Å². The summed E-state index contributed by atoms with van der Waals surface area (Å²) in [6, 6.07) is 9.68. The number of carbonyl (C=O) groups excluding carboxylic acids is 3. The SMILES string of the molecule is NN(C(=O)c1ccc2ccccc2c1)C(=O)[C@@H]1CC[C@@H]2CN1C(=O)N2OS(=O)(=O)O. The summed E-state index contributed by atoms with van der Waals surface area (Å²) in [7, 11) is -4.90. The van der Waals surface area contributed by atoms with Gasteiger partial charge in [-0.2, -0.15) is 13.5 Å². The number of nitrogens with two attached hydrogens (primary N) is 1. The molecule has 4 amide bonds. The normalized spacial score (nSPS) is 21.2. The topological polar surface area (TPSA) is 151 Å².